The highest BCUT2D eigenvalue weighted by atomic mass is 16.5. The molecule has 0 radical (unpaired) electrons. The maximum absolute atomic E-state index is 13.1. The number of aromatic nitrogens is 1. The molecule has 0 aliphatic carbocycles. The van der Waals surface area contributed by atoms with Crippen molar-refractivity contribution in [2.45, 2.75) is 117 Å². The molecule has 5 atom stereocenters. The van der Waals surface area contributed by atoms with Crippen LogP contribution in [0.2, 0.25) is 0 Å². The second kappa shape index (κ2) is 24.7. The van der Waals surface area contributed by atoms with Gasteiger partial charge in [0.05, 0.1) is 38.8 Å². The summed E-state index contributed by atoms with van der Waals surface area (Å²) in [6, 6.07) is 4.73. The first-order chi connectivity index (χ1) is 25.4. The third kappa shape index (κ3) is 17.3. The molecule has 2 rings (SSSR count). The Morgan fingerprint density at radius 2 is 1.60 bits per heavy atom. The van der Waals surface area contributed by atoms with Gasteiger partial charge in [-0.3, -0.25) is 28.8 Å². The van der Waals surface area contributed by atoms with Gasteiger partial charge < -0.3 is 46.1 Å². The van der Waals surface area contributed by atoms with E-state index in [0.717, 1.165) is 48.6 Å². The lowest BCUT2D eigenvalue weighted by Crippen LogP contribution is -2.55. The number of carbonyl (C=O) groups is 6. The first-order valence-corrected chi connectivity index (χ1v) is 18.7. The fourth-order valence-electron chi connectivity index (χ4n) is 5.79. The quantitative estimate of drug-likeness (QED) is 0.0554. The highest BCUT2D eigenvalue weighted by molar-refractivity contribution is 5.94. The SMILES string of the molecule is CCCCCCC[C@H](CCOC[C@H](CNC(=O)[C@H](CO)NC(=O)CNC(=O)[C@@H](NC(=O)Cc1c[nH]c2ccccc12)[C@@H](C)CC)NC(C)=O)OC(C)=O. The molecule has 0 fully saturated rings. The lowest BCUT2D eigenvalue weighted by Gasteiger charge is -2.24. The van der Waals surface area contributed by atoms with Gasteiger partial charge in [-0.1, -0.05) is 71.1 Å². The zero-order chi connectivity index (χ0) is 39.2. The molecule has 0 bridgehead atoms. The molecule has 1 aromatic carbocycles. The summed E-state index contributed by atoms with van der Waals surface area (Å²) in [5.74, 6) is -3.28. The van der Waals surface area contributed by atoms with Gasteiger partial charge in [0.1, 0.15) is 18.2 Å². The summed E-state index contributed by atoms with van der Waals surface area (Å²) < 4.78 is 11.2. The van der Waals surface area contributed by atoms with Crippen molar-refractivity contribution in [3.8, 4) is 0 Å². The molecule has 15 heteroatoms. The van der Waals surface area contributed by atoms with Gasteiger partial charge in [-0.2, -0.15) is 0 Å². The Kier molecular flexibility index (Phi) is 20.8. The Morgan fingerprint density at radius 3 is 2.28 bits per heavy atom. The van der Waals surface area contributed by atoms with Crippen LogP contribution in [0.1, 0.15) is 91.5 Å². The Hall–Kier alpha value is -4.50. The number of ether oxygens (including phenoxy) is 2. The number of nitrogens with one attached hydrogen (secondary N) is 6. The number of amides is 5. The number of esters is 1. The third-order valence-electron chi connectivity index (χ3n) is 8.89. The second-order valence-corrected chi connectivity index (χ2v) is 13.4. The summed E-state index contributed by atoms with van der Waals surface area (Å²) in [7, 11) is 0. The molecule has 0 spiro atoms. The molecule has 296 valence electrons. The van der Waals surface area contributed by atoms with Crippen LogP contribution < -0.4 is 26.6 Å². The zero-order valence-corrected chi connectivity index (χ0v) is 31.9. The molecular formula is C38H60N6O9. The number of carbonyl (C=O) groups excluding carboxylic acids is 6. The van der Waals surface area contributed by atoms with Crippen molar-refractivity contribution < 1.29 is 43.3 Å². The molecule has 1 aromatic heterocycles. The molecule has 0 aliphatic rings. The van der Waals surface area contributed by atoms with Crippen LogP contribution in [0, 0.1) is 5.92 Å². The van der Waals surface area contributed by atoms with Crippen LogP contribution in [0.25, 0.3) is 10.9 Å². The Morgan fingerprint density at radius 1 is 0.868 bits per heavy atom. The van der Waals surface area contributed by atoms with Gasteiger partial charge in [-0.15, -0.1) is 0 Å². The van der Waals surface area contributed by atoms with Crippen molar-refractivity contribution >= 4 is 46.4 Å². The van der Waals surface area contributed by atoms with Gasteiger partial charge in [-0.25, -0.2) is 0 Å². The summed E-state index contributed by atoms with van der Waals surface area (Å²) in [6.45, 7) is 7.60. The average Bonchev–Trinajstić information content (AvgIpc) is 3.53. The van der Waals surface area contributed by atoms with E-state index >= 15 is 0 Å². The number of aromatic amines is 1. The van der Waals surface area contributed by atoms with Crippen LogP contribution in [-0.4, -0.2) is 103 Å². The van der Waals surface area contributed by atoms with Crippen LogP contribution >= 0.6 is 0 Å². The van der Waals surface area contributed by atoms with Gasteiger partial charge in [0.2, 0.25) is 29.5 Å². The molecule has 53 heavy (non-hydrogen) atoms. The smallest absolute Gasteiger partial charge is 0.302 e. The molecule has 1 heterocycles. The number of hydrogen-bond donors (Lipinski definition) is 7. The van der Waals surface area contributed by atoms with E-state index in [1.54, 1.807) is 6.20 Å². The van der Waals surface area contributed by atoms with Crippen molar-refractivity contribution in [3.63, 3.8) is 0 Å². The molecule has 15 nitrogen and oxygen atoms in total. The molecular weight excluding hydrogens is 684 g/mol. The molecule has 0 saturated heterocycles. The zero-order valence-electron chi connectivity index (χ0n) is 31.9. The summed E-state index contributed by atoms with van der Waals surface area (Å²) in [5.41, 5.74) is 1.69. The maximum atomic E-state index is 13.1. The van der Waals surface area contributed by atoms with E-state index < -0.39 is 49.0 Å². The van der Waals surface area contributed by atoms with E-state index in [4.69, 9.17) is 9.47 Å². The molecule has 2 aromatic rings. The number of fused-ring (bicyclic) bond motifs is 1. The van der Waals surface area contributed by atoms with Gasteiger partial charge in [0, 0.05) is 43.9 Å². The maximum Gasteiger partial charge on any atom is 0.302 e. The fraction of sp³-hybridized carbons (Fsp3) is 0.632. The van der Waals surface area contributed by atoms with Gasteiger partial charge in [-0.05, 0) is 30.4 Å². The van der Waals surface area contributed by atoms with Gasteiger partial charge >= 0.3 is 5.97 Å². The van der Waals surface area contributed by atoms with Gasteiger partial charge in [0.15, 0.2) is 0 Å². The molecule has 7 N–H and O–H groups in total. The number of hydrogen-bond acceptors (Lipinski definition) is 9. The van der Waals surface area contributed by atoms with Crippen LogP contribution in [0.3, 0.4) is 0 Å². The number of aliphatic hydroxyl groups is 1. The van der Waals surface area contributed by atoms with Crippen molar-refractivity contribution in [2.24, 2.45) is 5.92 Å². The largest absolute Gasteiger partial charge is 0.462 e. The summed E-state index contributed by atoms with van der Waals surface area (Å²) in [4.78, 5) is 78.2. The topological polar surface area (TPSA) is 217 Å². The highest BCUT2D eigenvalue weighted by Gasteiger charge is 2.27. The van der Waals surface area contributed by atoms with Crippen molar-refractivity contribution in [3.05, 3.63) is 36.0 Å². The average molecular weight is 745 g/mol. The lowest BCUT2D eigenvalue weighted by molar-refractivity contribution is -0.147. The number of H-pyrrole nitrogens is 1. The number of para-hydroxylation sites is 1. The Balaban J connectivity index is 1.84. The Bertz CT molecular complexity index is 1460. The first-order valence-electron chi connectivity index (χ1n) is 18.7. The number of aliphatic hydroxyl groups excluding tert-OH is 1. The number of unbranched alkanes of at least 4 members (excludes halogenated alkanes) is 4. The third-order valence-corrected chi connectivity index (χ3v) is 8.89. The normalized spacial score (nSPS) is 13.9. The van der Waals surface area contributed by atoms with Crippen LogP contribution in [0.15, 0.2) is 30.5 Å². The van der Waals surface area contributed by atoms with Crippen LogP contribution in [-0.2, 0) is 44.7 Å². The molecule has 0 saturated carbocycles. The standard InChI is InChI=1S/C38H60N6O9/c1-6-8-9-10-11-14-30(53-27(5)47)17-18-52-24-29(42-26(4)46)21-40-37(50)33(23-45)43-35(49)22-41-38(51)36(25(3)7-2)44-34(48)19-28-20-39-32-16-13-12-15-31(28)32/h12-13,15-16,20,25,29-30,33,36,39,45H,6-11,14,17-19,21-24H2,1-5H3,(H,40,50)(H,41,51)(H,42,46)(H,43,49)(H,44,48)/t25-,29-,30+,33-,36-/m0/s1. The van der Waals surface area contributed by atoms with E-state index in [2.05, 4.69) is 38.5 Å². The lowest BCUT2D eigenvalue weighted by atomic mass is 9.98. The van der Waals surface area contributed by atoms with Crippen molar-refractivity contribution in [1.29, 1.82) is 0 Å². The second-order valence-electron chi connectivity index (χ2n) is 13.4. The van der Waals surface area contributed by atoms with E-state index in [0.29, 0.717) is 12.8 Å². The van der Waals surface area contributed by atoms with E-state index in [9.17, 15) is 33.9 Å². The molecule has 5 amide bonds. The van der Waals surface area contributed by atoms with E-state index in [-0.39, 0.29) is 56.0 Å². The number of benzene rings is 1. The number of rotatable bonds is 26. The summed E-state index contributed by atoms with van der Waals surface area (Å²) in [6.07, 6.45) is 8.79. The van der Waals surface area contributed by atoms with Gasteiger partial charge in [0.25, 0.3) is 0 Å². The van der Waals surface area contributed by atoms with E-state index in [1.165, 1.54) is 20.3 Å². The molecule has 0 aliphatic heterocycles. The molecule has 0 unspecified atom stereocenters. The van der Waals surface area contributed by atoms with Crippen LogP contribution in [0.5, 0.6) is 0 Å². The highest BCUT2D eigenvalue weighted by Crippen LogP contribution is 2.18. The van der Waals surface area contributed by atoms with Crippen LogP contribution in [0.4, 0.5) is 0 Å². The fourth-order valence-corrected chi connectivity index (χ4v) is 5.79. The minimum Gasteiger partial charge on any atom is -0.462 e. The monoisotopic (exact) mass is 744 g/mol. The first kappa shape index (κ1) is 44.7. The predicted octanol–water partition coefficient (Wildman–Crippen LogP) is 2.15. The van der Waals surface area contributed by atoms with Crippen molar-refractivity contribution in [2.75, 3.05) is 32.9 Å². The van der Waals surface area contributed by atoms with Crippen molar-refractivity contribution in [1.82, 2.24) is 31.6 Å². The summed E-state index contributed by atoms with van der Waals surface area (Å²) >= 11 is 0. The van der Waals surface area contributed by atoms with E-state index in [1.807, 2.05) is 38.1 Å². The Labute approximate surface area is 312 Å². The summed E-state index contributed by atoms with van der Waals surface area (Å²) in [5, 5.41) is 23.8. The predicted molar refractivity (Wildman–Crippen MR) is 200 cm³/mol. The minimum atomic E-state index is -1.33. The minimum absolute atomic E-state index is 0.0544.